The van der Waals surface area contributed by atoms with Gasteiger partial charge in [-0.05, 0) is 30.3 Å². The molecule has 0 unspecified atom stereocenters. The number of nitrogens with zero attached hydrogens (tertiary/aromatic N) is 2. The van der Waals surface area contributed by atoms with Gasteiger partial charge in [0.1, 0.15) is 11.6 Å². The number of rotatable bonds is 3. The molecule has 0 bridgehead atoms. The van der Waals surface area contributed by atoms with E-state index in [4.69, 9.17) is 27.9 Å². The fourth-order valence-corrected chi connectivity index (χ4v) is 3.20. The van der Waals surface area contributed by atoms with Crippen molar-refractivity contribution >= 4 is 50.2 Å². The maximum Gasteiger partial charge on any atom is 0.129 e. The van der Waals surface area contributed by atoms with E-state index in [1.54, 1.807) is 7.11 Å². The Morgan fingerprint density at radius 1 is 1.24 bits per heavy atom. The van der Waals surface area contributed by atoms with Gasteiger partial charge in [0.05, 0.1) is 34.7 Å². The molecule has 3 rings (SSSR count). The van der Waals surface area contributed by atoms with E-state index in [-0.39, 0.29) is 0 Å². The summed E-state index contributed by atoms with van der Waals surface area (Å²) in [6, 6.07) is 11.5. The van der Waals surface area contributed by atoms with Crippen molar-refractivity contribution in [2.45, 2.75) is 5.88 Å². The number of alkyl halides is 1. The molecule has 0 N–H and O–H groups in total. The van der Waals surface area contributed by atoms with E-state index in [2.05, 4.69) is 20.9 Å². The van der Waals surface area contributed by atoms with Gasteiger partial charge in [-0.25, -0.2) is 4.98 Å². The second-order valence-corrected chi connectivity index (χ2v) is 6.04. The van der Waals surface area contributed by atoms with Gasteiger partial charge in [-0.2, -0.15) is 0 Å². The van der Waals surface area contributed by atoms with Crippen LogP contribution in [0.15, 0.2) is 40.9 Å². The zero-order chi connectivity index (χ0) is 15.0. The van der Waals surface area contributed by atoms with Gasteiger partial charge in [-0.3, -0.25) is 4.57 Å². The molecule has 3 nitrogen and oxygen atoms in total. The molecule has 1 heterocycles. The second kappa shape index (κ2) is 5.87. The van der Waals surface area contributed by atoms with Crippen LogP contribution in [-0.4, -0.2) is 16.7 Å². The van der Waals surface area contributed by atoms with Crippen molar-refractivity contribution in [1.29, 1.82) is 0 Å². The second-order valence-electron chi connectivity index (χ2n) is 4.45. The van der Waals surface area contributed by atoms with Gasteiger partial charge < -0.3 is 4.74 Å². The lowest BCUT2D eigenvalue weighted by Gasteiger charge is -2.10. The molecule has 0 saturated carbocycles. The zero-order valence-electron chi connectivity index (χ0n) is 11.1. The summed E-state index contributed by atoms with van der Waals surface area (Å²) in [5.41, 5.74) is 2.61. The minimum absolute atomic E-state index is 0.295. The lowest BCUT2D eigenvalue weighted by molar-refractivity contribution is 0.415. The van der Waals surface area contributed by atoms with Crippen LogP contribution < -0.4 is 4.74 Å². The van der Waals surface area contributed by atoms with Gasteiger partial charge in [0, 0.05) is 10.5 Å². The Hall–Kier alpha value is -1.23. The first-order chi connectivity index (χ1) is 10.1. The Bertz CT molecular complexity index is 817. The van der Waals surface area contributed by atoms with Crippen molar-refractivity contribution in [3.05, 3.63) is 51.7 Å². The zero-order valence-corrected chi connectivity index (χ0v) is 14.2. The fourth-order valence-electron chi connectivity index (χ4n) is 2.26. The maximum atomic E-state index is 6.36. The molecule has 108 valence electrons. The van der Waals surface area contributed by atoms with Crippen molar-refractivity contribution in [1.82, 2.24) is 9.55 Å². The van der Waals surface area contributed by atoms with Crippen LogP contribution in [0, 0.1) is 0 Å². The summed E-state index contributed by atoms with van der Waals surface area (Å²) in [5.74, 6) is 1.79. The Labute approximate surface area is 140 Å². The molecule has 21 heavy (non-hydrogen) atoms. The highest BCUT2D eigenvalue weighted by Gasteiger charge is 2.14. The molecule has 0 aliphatic carbocycles. The molecule has 0 saturated heterocycles. The van der Waals surface area contributed by atoms with E-state index in [0.29, 0.717) is 10.9 Å². The molecule has 1 aromatic heterocycles. The first-order valence-electron chi connectivity index (χ1n) is 6.21. The average molecular weight is 386 g/mol. The largest absolute Gasteiger partial charge is 0.497 e. The summed E-state index contributed by atoms with van der Waals surface area (Å²) in [6.45, 7) is 0. The van der Waals surface area contributed by atoms with Crippen LogP contribution in [0.25, 0.3) is 16.7 Å². The highest BCUT2D eigenvalue weighted by atomic mass is 79.9. The van der Waals surface area contributed by atoms with E-state index < -0.39 is 0 Å². The standard InChI is InChI=1S/C15H11BrCl2N2O/c1-21-10-3-5-14-12(7-10)19-15(8-17)20(14)13-4-2-9(16)6-11(13)18/h2-7H,8H2,1H3. The predicted octanol–water partition coefficient (Wildman–Crippen LogP) is 5.19. The number of aromatic nitrogens is 2. The molecule has 0 fully saturated rings. The molecular weight excluding hydrogens is 375 g/mol. The number of hydrogen-bond donors (Lipinski definition) is 0. The molecule has 0 aliphatic heterocycles. The Morgan fingerprint density at radius 2 is 2.05 bits per heavy atom. The number of halogens is 3. The number of imidazole rings is 1. The lowest BCUT2D eigenvalue weighted by atomic mass is 10.2. The van der Waals surface area contributed by atoms with Gasteiger partial charge in [0.2, 0.25) is 0 Å². The molecule has 0 amide bonds. The SMILES string of the molecule is COc1ccc2c(c1)nc(CCl)n2-c1ccc(Br)cc1Cl. The third kappa shape index (κ3) is 2.63. The Morgan fingerprint density at radius 3 is 2.71 bits per heavy atom. The summed E-state index contributed by atoms with van der Waals surface area (Å²) in [5, 5.41) is 0.630. The fraction of sp³-hybridized carbons (Fsp3) is 0.133. The minimum Gasteiger partial charge on any atom is -0.497 e. The molecular formula is C15H11BrCl2N2O. The third-order valence-electron chi connectivity index (χ3n) is 3.20. The van der Waals surface area contributed by atoms with Crippen LogP contribution in [-0.2, 0) is 5.88 Å². The quantitative estimate of drug-likeness (QED) is 0.580. The van der Waals surface area contributed by atoms with E-state index in [9.17, 15) is 0 Å². The highest BCUT2D eigenvalue weighted by molar-refractivity contribution is 9.10. The molecule has 0 radical (unpaired) electrons. The van der Waals surface area contributed by atoms with Crippen molar-refractivity contribution in [2.75, 3.05) is 7.11 Å². The van der Waals surface area contributed by atoms with Crippen molar-refractivity contribution in [2.24, 2.45) is 0 Å². The van der Waals surface area contributed by atoms with Gasteiger partial charge in [-0.1, -0.05) is 27.5 Å². The predicted molar refractivity (Wildman–Crippen MR) is 89.9 cm³/mol. The number of ether oxygens (including phenoxy) is 1. The molecule has 0 spiro atoms. The highest BCUT2D eigenvalue weighted by Crippen LogP contribution is 2.31. The van der Waals surface area contributed by atoms with Crippen LogP contribution >= 0.6 is 39.1 Å². The number of hydrogen-bond acceptors (Lipinski definition) is 2. The average Bonchev–Trinajstić information content (AvgIpc) is 2.84. The number of fused-ring (bicyclic) bond motifs is 1. The molecule has 0 atom stereocenters. The minimum atomic E-state index is 0.295. The summed E-state index contributed by atoms with van der Waals surface area (Å²) in [4.78, 5) is 4.56. The van der Waals surface area contributed by atoms with Crippen LogP contribution in [0.2, 0.25) is 5.02 Å². The summed E-state index contributed by atoms with van der Waals surface area (Å²) < 4.78 is 8.13. The topological polar surface area (TPSA) is 27.1 Å². The van der Waals surface area contributed by atoms with Gasteiger partial charge in [0.15, 0.2) is 0 Å². The van der Waals surface area contributed by atoms with E-state index in [0.717, 1.165) is 32.8 Å². The van der Waals surface area contributed by atoms with E-state index in [1.165, 1.54) is 0 Å². The van der Waals surface area contributed by atoms with Crippen molar-refractivity contribution < 1.29 is 4.74 Å². The van der Waals surface area contributed by atoms with Crippen LogP contribution in [0.4, 0.5) is 0 Å². The van der Waals surface area contributed by atoms with Gasteiger partial charge in [0.25, 0.3) is 0 Å². The monoisotopic (exact) mass is 384 g/mol. The van der Waals surface area contributed by atoms with Crippen molar-refractivity contribution in [3.63, 3.8) is 0 Å². The third-order valence-corrected chi connectivity index (χ3v) is 4.24. The maximum absolute atomic E-state index is 6.36. The Balaban J connectivity index is 2.29. The van der Waals surface area contributed by atoms with Crippen molar-refractivity contribution in [3.8, 4) is 11.4 Å². The van der Waals surface area contributed by atoms with Crippen LogP contribution in [0.3, 0.4) is 0 Å². The first kappa shape index (κ1) is 14.7. The van der Waals surface area contributed by atoms with E-state index in [1.807, 2.05) is 41.0 Å². The summed E-state index contributed by atoms with van der Waals surface area (Å²) in [6.07, 6.45) is 0. The molecule has 2 aromatic carbocycles. The number of methoxy groups -OCH3 is 1. The molecule has 6 heteroatoms. The number of benzene rings is 2. The first-order valence-corrected chi connectivity index (χ1v) is 7.91. The molecule has 3 aromatic rings. The van der Waals surface area contributed by atoms with Crippen LogP contribution in [0.1, 0.15) is 5.82 Å². The normalized spacial score (nSPS) is 11.0. The smallest absolute Gasteiger partial charge is 0.129 e. The van der Waals surface area contributed by atoms with Gasteiger partial charge >= 0.3 is 0 Å². The van der Waals surface area contributed by atoms with Crippen LogP contribution in [0.5, 0.6) is 5.75 Å². The van der Waals surface area contributed by atoms with E-state index >= 15 is 0 Å². The van der Waals surface area contributed by atoms with Gasteiger partial charge in [-0.15, -0.1) is 11.6 Å². The lowest BCUT2D eigenvalue weighted by Crippen LogP contribution is -2.00. The Kier molecular flexibility index (Phi) is 4.11. The molecule has 0 aliphatic rings. The summed E-state index contributed by atoms with van der Waals surface area (Å²) >= 11 is 15.8. The summed E-state index contributed by atoms with van der Waals surface area (Å²) in [7, 11) is 1.63.